The second kappa shape index (κ2) is 4.91. The fraction of sp³-hybridized carbons (Fsp3) is 0.500. The molecule has 0 aliphatic rings. The highest BCUT2D eigenvalue weighted by Gasteiger charge is 2.42. The van der Waals surface area contributed by atoms with Crippen LogP contribution in [0.4, 0.5) is 0 Å². The number of hydrogen-bond donors (Lipinski definition) is 0. The normalized spacial score (nSPS) is 15.8. The Balaban J connectivity index is 3.10. The third-order valence-corrected chi connectivity index (χ3v) is 8.40. The fourth-order valence-corrected chi connectivity index (χ4v) is 3.09. The Hall–Kier alpha value is -1.04. The van der Waals surface area contributed by atoms with Gasteiger partial charge in [0, 0.05) is 0 Å². The highest BCUT2D eigenvalue weighted by molar-refractivity contribution is 6.74. The van der Waals surface area contributed by atoms with E-state index in [4.69, 9.17) is 10.8 Å². The highest BCUT2D eigenvalue weighted by atomic mass is 28.4. The molecule has 0 aliphatic heterocycles. The zero-order chi connectivity index (χ0) is 14.0. The molecule has 1 aromatic carbocycles. The summed E-state index contributed by atoms with van der Waals surface area (Å²) in [6, 6.07) is 10.1. The molecule has 0 fully saturated rings. The molecular formula is C16H24OSi. The van der Waals surface area contributed by atoms with Crippen molar-refractivity contribution < 1.29 is 4.43 Å². The first-order valence-corrected chi connectivity index (χ1v) is 9.27. The lowest BCUT2D eigenvalue weighted by atomic mass is 9.97. The zero-order valence-corrected chi connectivity index (χ0v) is 13.4. The summed E-state index contributed by atoms with van der Waals surface area (Å²) >= 11 is 0. The zero-order valence-electron chi connectivity index (χ0n) is 12.4. The summed E-state index contributed by atoms with van der Waals surface area (Å²) in [5.41, 5.74) is 0.418. The molecule has 0 heterocycles. The van der Waals surface area contributed by atoms with Crippen molar-refractivity contribution in [2.75, 3.05) is 0 Å². The predicted octanol–water partition coefficient (Wildman–Crippen LogP) is 4.56. The van der Waals surface area contributed by atoms with Gasteiger partial charge < -0.3 is 4.43 Å². The lowest BCUT2D eigenvalue weighted by Gasteiger charge is -2.42. The van der Waals surface area contributed by atoms with E-state index in [0.717, 1.165) is 5.56 Å². The largest absolute Gasteiger partial charge is 0.397 e. The summed E-state index contributed by atoms with van der Waals surface area (Å²) in [5, 5.41) is 0.153. The van der Waals surface area contributed by atoms with E-state index in [1.807, 2.05) is 37.3 Å². The third kappa shape index (κ3) is 3.04. The first-order chi connectivity index (χ1) is 8.12. The minimum Gasteiger partial charge on any atom is -0.397 e. The maximum Gasteiger partial charge on any atom is 0.194 e. The van der Waals surface area contributed by atoms with E-state index in [1.54, 1.807) is 0 Å². The van der Waals surface area contributed by atoms with Crippen molar-refractivity contribution >= 4 is 8.32 Å². The van der Waals surface area contributed by atoms with Crippen LogP contribution >= 0.6 is 0 Å². The molecule has 98 valence electrons. The van der Waals surface area contributed by atoms with E-state index in [1.165, 1.54) is 0 Å². The lowest BCUT2D eigenvalue weighted by Crippen LogP contribution is -2.46. The van der Waals surface area contributed by atoms with Crippen LogP contribution in [0.1, 0.15) is 33.3 Å². The SMILES string of the molecule is C#CC(C)(O[Si](C)(C)C(C)(C)C)c1ccccc1. The molecule has 0 aromatic heterocycles. The van der Waals surface area contributed by atoms with Crippen LogP contribution in [0.5, 0.6) is 0 Å². The second-order valence-electron chi connectivity index (χ2n) is 6.41. The van der Waals surface area contributed by atoms with Gasteiger partial charge in [0.2, 0.25) is 0 Å². The summed E-state index contributed by atoms with van der Waals surface area (Å²) < 4.78 is 6.43. The van der Waals surface area contributed by atoms with Gasteiger partial charge in [-0.1, -0.05) is 57.0 Å². The molecule has 0 bridgehead atoms. The molecule has 1 aromatic rings. The van der Waals surface area contributed by atoms with Gasteiger partial charge >= 0.3 is 0 Å². The molecule has 1 atom stereocenters. The van der Waals surface area contributed by atoms with Gasteiger partial charge in [0.15, 0.2) is 8.32 Å². The van der Waals surface area contributed by atoms with Gasteiger partial charge in [0.1, 0.15) is 5.60 Å². The van der Waals surface area contributed by atoms with E-state index in [-0.39, 0.29) is 5.04 Å². The Morgan fingerprint density at radius 3 is 1.94 bits per heavy atom. The maximum absolute atomic E-state index is 6.43. The van der Waals surface area contributed by atoms with Crippen molar-refractivity contribution in [1.82, 2.24) is 0 Å². The predicted molar refractivity (Wildman–Crippen MR) is 80.9 cm³/mol. The molecule has 0 amide bonds. The van der Waals surface area contributed by atoms with E-state index < -0.39 is 13.9 Å². The first-order valence-electron chi connectivity index (χ1n) is 6.36. The van der Waals surface area contributed by atoms with Crippen molar-refractivity contribution in [2.45, 2.75) is 51.4 Å². The van der Waals surface area contributed by atoms with Crippen LogP contribution in [-0.2, 0) is 10.0 Å². The summed E-state index contributed by atoms with van der Waals surface area (Å²) in [6.45, 7) is 13.1. The van der Waals surface area contributed by atoms with Gasteiger partial charge in [0.25, 0.3) is 0 Å². The molecule has 0 saturated heterocycles. The average molecular weight is 260 g/mol. The first kappa shape index (κ1) is 15.0. The Morgan fingerprint density at radius 2 is 1.56 bits per heavy atom. The van der Waals surface area contributed by atoms with Gasteiger partial charge in [-0.2, -0.15) is 0 Å². The summed E-state index contributed by atoms with van der Waals surface area (Å²) in [6.07, 6.45) is 5.74. The number of benzene rings is 1. The van der Waals surface area contributed by atoms with Gasteiger partial charge in [-0.25, -0.2) is 0 Å². The molecule has 0 aliphatic carbocycles. The minimum atomic E-state index is -1.89. The van der Waals surface area contributed by atoms with Crippen LogP contribution in [-0.4, -0.2) is 8.32 Å². The molecule has 0 saturated carbocycles. The monoisotopic (exact) mass is 260 g/mol. The van der Waals surface area contributed by atoms with Crippen molar-refractivity contribution in [3.8, 4) is 12.3 Å². The third-order valence-electron chi connectivity index (χ3n) is 3.87. The van der Waals surface area contributed by atoms with E-state index in [0.29, 0.717) is 0 Å². The Kier molecular flexibility index (Phi) is 4.10. The average Bonchev–Trinajstić information content (AvgIpc) is 2.28. The smallest absolute Gasteiger partial charge is 0.194 e. The number of rotatable bonds is 3. The molecule has 18 heavy (non-hydrogen) atoms. The Labute approximate surface area is 113 Å². The minimum absolute atomic E-state index is 0.153. The molecule has 1 rings (SSSR count). The van der Waals surface area contributed by atoms with Crippen LogP contribution in [0.2, 0.25) is 18.1 Å². The van der Waals surface area contributed by atoms with Crippen LogP contribution in [0, 0.1) is 12.3 Å². The molecule has 0 radical (unpaired) electrons. The molecular weight excluding hydrogens is 236 g/mol. The van der Waals surface area contributed by atoms with Crippen LogP contribution in [0.15, 0.2) is 30.3 Å². The summed E-state index contributed by atoms with van der Waals surface area (Å²) in [4.78, 5) is 0. The van der Waals surface area contributed by atoms with Crippen LogP contribution in [0.25, 0.3) is 0 Å². The molecule has 2 heteroatoms. The molecule has 1 unspecified atom stereocenters. The van der Waals surface area contributed by atoms with E-state index in [2.05, 4.69) is 39.8 Å². The molecule has 0 N–H and O–H groups in total. The quantitative estimate of drug-likeness (QED) is 0.572. The van der Waals surface area contributed by atoms with Gasteiger partial charge in [-0.3, -0.25) is 0 Å². The summed E-state index contributed by atoms with van der Waals surface area (Å²) in [7, 11) is -1.89. The molecule has 1 nitrogen and oxygen atoms in total. The Morgan fingerprint density at radius 1 is 1.06 bits per heavy atom. The topological polar surface area (TPSA) is 9.23 Å². The maximum atomic E-state index is 6.43. The van der Waals surface area contributed by atoms with Crippen LogP contribution < -0.4 is 0 Å². The summed E-state index contributed by atoms with van der Waals surface area (Å²) in [5.74, 6) is 2.84. The number of hydrogen-bond acceptors (Lipinski definition) is 1. The second-order valence-corrected chi connectivity index (χ2v) is 11.1. The van der Waals surface area contributed by atoms with Crippen LogP contribution in [0.3, 0.4) is 0 Å². The highest BCUT2D eigenvalue weighted by Crippen LogP contribution is 2.41. The Bertz CT molecular complexity index is 436. The van der Waals surface area contributed by atoms with Crippen molar-refractivity contribution in [3.63, 3.8) is 0 Å². The van der Waals surface area contributed by atoms with Gasteiger partial charge in [-0.15, -0.1) is 6.42 Å². The van der Waals surface area contributed by atoms with Crippen molar-refractivity contribution in [3.05, 3.63) is 35.9 Å². The van der Waals surface area contributed by atoms with Crippen molar-refractivity contribution in [1.29, 1.82) is 0 Å². The van der Waals surface area contributed by atoms with Gasteiger partial charge in [0.05, 0.1) is 0 Å². The van der Waals surface area contributed by atoms with Gasteiger partial charge in [-0.05, 0) is 30.6 Å². The van der Waals surface area contributed by atoms with E-state index >= 15 is 0 Å². The molecule has 0 spiro atoms. The fourth-order valence-electron chi connectivity index (χ4n) is 1.59. The lowest BCUT2D eigenvalue weighted by molar-refractivity contribution is 0.132. The number of terminal acetylenes is 1. The van der Waals surface area contributed by atoms with Crippen molar-refractivity contribution in [2.24, 2.45) is 0 Å². The standard InChI is InChI=1S/C16H24OSi/c1-8-16(5,14-12-10-9-11-13-14)17-18(6,7)15(2,3)4/h1,9-13H,2-7H3. The van der Waals surface area contributed by atoms with E-state index in [9.17, 15) is 0 Å².